The van der Waals surface area contributed by atoms with Gasteiger partial charge in [0.15, 0.2) is 0 Å². The molecule has 92 valence electrons. The average molecular weight is 235 g/mol. The van der Waals surface area contributed by atoms with E-state index in [1.807, 2.05) is 0 Å². The predicted molar refractivity (Wildman–Crippen MR) is 65.0 cm³/mol. The summed E-state index contributed by atoms with van der Waals surface area (Å²) in [6.07, 6.45) is 3.66. The third-order valence-corrected chi connectivity index (χ3v) is 3.00. The quantitative estimate of drug-likeness (QED) is 0.750. The molecule has 1 fully saturated rings. The van der Waals surface area contributed by atoms with E-state index in [2.05, 4.69) is 10.6 Å². The predicted octanol–water partition coefficient (Wildman–Crippen LogP) is -0.133. The highest BCUT2D eigenvalue weighted by Gasteiger charge is 2.18. The number of carbonyl (C=O) groups is 1. The van der Waals surface area contributed by atoms with Crippen molar-refractivity contribution in [2.75, 3.05) is 13.1 Å². The summed E-state index contributed by atoms with van der Waals surface area (Å²) in [7, 11) is 1.64. The van der Waals surface area contributed by atoms with E-state index in [0.29, 0.717) is 0 Å². The van der Waals surface area contributed by atoms with Gasteiger partial charge in [-0.25, -0.2) is 0 Å². The van der Waals surface area contributed by atoms with Crippen LogP contribution in [0.15, 0.2) is 23.1 Å². The topological polar surface area (TPSA) is 63.1 Å². The number of piperidine rings is 1. The van der Waals surface area contributed by atoms with Gasteiger partial charge in [-0.1, -0.05) is 0 Å². The summed E-state index contributed by atoms with van der Waals surface area (Å²) in [5.41, 5.74) is -0.0469. The van der Waals surface area contributed by atoms with Crippen LogP contribution in [0.1, 0.15) is 23.2 Å². The van der Waals surface area contributed by atoms with Crippen LogP contribution in [0.5, 0.6) is 0 Å². The average Bonchev–Trinajstić information content (AvgIpc) is 2.34. The molecule has 5 heteroatoms. The van der Waals surface area contributed by atoms with Crippen LogP contribution < -0.4 is 16.2 Å². The highest BCUT2D eigenvalue weighted by molar-refractivity contribution is 5.94. The molecular weight excluding hydrogens is 218 g/mol. The van der Waals surface area contributed by atoms with Gasteiger partial charge in [0.1, 0.15) is 5.56 Å². The molecular formula is C12H17N3O2. The van der Waals surface area contributed by atoms with Crippen molar-refractivity contribution in [2.24, 2.45) is 7.05 Å². The maximum atomic E-state index is 11.9. The van der Waals surface area contributed by atoms with Gasteiger partial charge in [0.25, 0.3) is 11.5 Å². The number of aromatic nitrogens is 1. The molecule has 0 aliphatic carbocycles. The number of rotatable bonds is 2. The van der Waals surface area contributed by atoms with E-state index in [1.54, 1.807) is 25.4 Å². The molecule has 2 N–H and O–H groups in total. The molecule has 5 nitrogen and oxygen atoms in total. The van der Waals surface area contributed by atoms with Gasteiger partial charge in [-0.05, 0) is 31.5 Å². The van der Waals surface area contributed by atoms with Crippen molar-refractivity contribution in [1.29, 1.82) is 0 Å². The second-order valence-corrected chi connectivity index (χ2v) is 4.35. The Labute approximate surface area is 99.8 Å². The van der Waals surface area contributed by atoms with Crippen LogP contribution in [-0.4, -0.2) is 29.6 Å². The zero-order valence-electron chi connectivity index (χ0n) is 9.90. The van der Waals surface area contributed by atoms with Gasteiger partial charge in [-0.15, -0.1) is 0 Å². The fourth-order valence-electron chi connectivity index (χ4n) is 2.01. The first-order valence-electron chi connectivity index (χ1n) is 5.85. The van der Waals surface area contributed by atoms with Gasteiger partial charge in [-0.3, -0.25) is 9.59 Å². The van der Waals surface area contributed by atoms with Crippen molar-refractivity contribution < 1.29 is 4.79 Å². The molecule has 1 amide bonds. The van der Waals surface area contributed by atoms with Gasteiger partial charge in [-0.2, -0.15) is 0 Å². The minimum atomic E-state index is -0.278. The van der Waals surface area contributed by atoms with E-state index in [9.17, 15) is 9.59 Å². The Kier molecular flexibility index (Phi) is 3.58. The lowest BCUT2D eigenvalue weighted by molar-refractivity contribution is 0.0928. The summed E-state index contributed by atoms with van der Waals surface area (Å²) < 4.78 is 1.41. The van der Waals surface area contributed by atoms with Crippen molar-refractivity contribution in [1.82, 2.24) is 15.2 Å². The first-order valence-corrected chi connectivity index (χ1v) is 5.85. The number of nitrogens with one attached hydrogen (secondary N) is 2. The summed E-state index contributed by atoms with van der Waals surface area (Å²) in [4.78, 5) is 23.7. The van der Waals surface area contributed by atoms with Crippen molar-refractivity contribution >= 4 is 5.91 Å². The summed E-state index contributed by atoms with van der Waals surface area (Å²) in [5, 5.41) is 6.11. The third kappa shape index (κ3) is 2.74. The van der Waals surface area contributed by atoms with Crippen LogP contribution in [0.2, 0.25) is 0 Å². The van der Waals surface area contributed by atoms with Crippen molar-refractivity contribution in [3.63, 3.8) is 0 Å². The van der Waals surface area contributed by atoms with Gasteiger partial charge in [0, 0.05) is 25.8 Å². The zero-order valence-corrected chi connectivity index (χ0v) is 9.90. The molecule has 0 saturated carbocycles. The van der Waals surface area contributed by atoms with E-state index in [0.717, 1.165) is 25.9 Å². The summed E-state index contributed by atoms with van der Waals surface area (Å²) in [6.45, 7) is 1.78. The van der Waals surface area contributed by atoms with Crippen LogP contribution in [0.3, 0.4) is 0 Å². The largest absolute Gasteiger partial charge is 0.348 e. The molecule has 1 aliphatic rings. The number of hydrogen-bond donors (Lipinski definition) is 2. The van der Waals surface area contributed by atoms with E-state index >= 15 is 0 Å². The van der Waals surface area contributed by atoms with Crippen LogP contribution in [0.4, 0.5) is 0 Å². The number of hydrogen-bond acceptors (Lipinski definition) is 3. The van der Waals surface area contributed by atoms with E-state index < -0.39 is 0 Å². The van der Waals surface area contributed by atoms with Crippen LogP contribution in [0, 0.1) is 0 Å². The Balaban J connectivity index is 2.09. The Hall–Kier alpha value is -1.62. The molecule has 1 unspecified atom stereocenters. The molecule has 2 heterocycles. The Bertz CT molecular complexity index is 461. The normalized spacial score (nSPS) is 19.9. The molecule has 1 aromatic heterocycles. The Morgan fingerprint density at radius 2 is 2.41 bits per heavy atom. The molecule has 2 rings (SSSR count). The number of nitrogens with zero attached hydrogens (tertiary/aromatic N) is 1. The lowest BCUT2D eigenvalue weighted by Crippen LogP contribution is -2.46. The second kappa shape index (κ2) is 5.14. The van der Waals surface area contributed by atoms with Gasteiger partial charge < -0.3 is 15.2 Å². The standard InChI is InChI=1S/C12H17N3O2/c1-15-7-3-5-10(12(15)17)11(16)14-9-4-2-6-13-8-9/h3,5,7,9,13H,2,4,6,8H2,1H3,(H,14,16). The zero-order chi connectivity index (χ0) is 12.3. The van der Waals surface area contributed by atoms with Gasteiger partial charge in [0.05, 0.1) is 0 Å². The molecule has 0 radical (unpaired) electrons. The lowest BCUT2D eigenvalue weighted by atomic mass is 10.1. The first kappa shape index (κ1) is 11.9. The van der Waals surface area contributed by atoms with Crippen LogP contribution >= 0.6 is 0 Å². The maximum absolute atomic E-state index is 11.9. The highest BCUT2D eigenvalue weighted by Crippen LogP contribution is 2.02. The number of carbonyl (C=O) groups excluding carboxylic acids is 1. The van der Waals surface area contributed by atoms with Gasteiger partial charge >= 0.3 is 0 Å². The number of aryl methyl sites for hydroxylation is 1. The van der Waals surface area contributed by atoms with Crippen molar-refractivity contribution in [3.8, 4) is 0 Å². The van der Waals surface area contributed by atoms with E-state index in [-0.39, 0.29) is 23.1 Å². The monoisotopic (exact) mass is 235 g/mol. The molecule has 1 aromatic rings. The third-order valence-electron chi connectivity index (χ3n) is 3.00. The molecule has 1 saturated heterocycles. The Morgan fingerprint density at radius 1 is 1.59 bits per heavy atom. The van der Waals surface area contributed by atoms with Gasteiger partial charge in [0.2, 0.25) is 0 Å². The minimum Gasteiger partial charge on any atom is -0.348 e. The fraction of sp³-hybridized carbons (Fsp3) is 0.500. The molecule has 0 aromatic carbocycles. The highest BCUT2D eigenvalue weighted by atomic mass is 16.2. The molecule has 17 heavy (non-hydrogen) atoms. The molecule has 1 aliphatic heterocycles. The molecule has 1 atom stereocenters. The van der Waals surface area contributed by atoms with E-state index in [4.69, 9.17) is 0 Å². The summed E-state index contributed by atoms with van der Waals surface area (Å²) >= 11 is 0. The van der Waals surface area contributed by atoms with E-state index in [1.165, 1.54) is 4.57 Å². The van der Waals surface area contributed by atoms with Crippen LogP contribution in [0.25, 0.3) is 0 Å². The minimum absolute atomic E-state index is 0.126. The molecule has 0 bridgehead atoms. The maximum Gasteiger partial charge on any atom is 0.263 e. The second-order valence-electron chi connectivity index (χ2n) is 4.35. The summed E-state index contributed by atoms with van der Waals surface area (Å²) in [6, 6.07) is 3.39. The van der Waals surface area contributed by atoms with Crippen molar-refractivity contribution in [3.05, 3.63) is 34.2 Å². The Morgan fingerprint density at radius 3 is 3.12 bits per heavy atom. The SMILES string of the molecule is Cn1cccc(C(=O)NC2CCCNC2)c1=O. The van der Waals surface area contributed by atoms with Crippen molar-refractivity contribution in [2.45, 2.75) is 18.9 Å². The summed E-state index contributed by atoms with van der Waals surface area (Å²) in [5.74, 6) is -0.278. The number of amides is 1. The molecule has 0 spiro atoms. The fourth-order valence-corrected chi connectivity index (χ4v) is 2.01. The van der Waals surface area contributed by atoms with Crippen LogP contribution in [-0.2, 0) is 7.05 Å². The smallest absolute Gasteiger partial charge is 0.263 e. The number of pyridine rings is 1. The lowest BCUT2D eigenvalue weighted by Gasteiger charge is -2.23. The first-order chi connectivity index (χ1) is 8.18.